The van der Waals surface area contributed by atoms with E-state index >= 15 is 0 Å². The molecule has 0 unspecified atom stereocenters. The molecule has 0 aliphatic rings. The molecule has 1 heterocycles. The number of thiazole rings is 1. The number of benzene rings is 2. The van der Waals surface area contributed by atoms with Gasteiger partial charge in [-0.2, -0.15) is 0 Å². The van der Waals surface area contributed by atoms with Gasteiger partial charge < -0.3 is 4.74 Å². The van der Waals surface area contributed by atoms with E-state index in [0.29, 0.717) is 5.13 Å². The molecule has 0 fully saturated rings. The SMILES string of the molecule is COc1ccc(/C=C/C(=O)Nc2nc3c(C)c(C)ccc3s2)cc1. The molecule has 1 N–H and O–H groups in total. The zero-order chi connectivity index (χ0) is 17.1. The summed E-state index contributed by atoms with van der Waals surface area (Å²) in [6.07, 6.45) is 3.27. The standard InChI is InChI=1S/C19H18N2O2S/c1-12-4-10-16-18(13(12)2)21-19(24-16)20-17(22)11-7-14-5-8-15(23-3)9-6-14/h4-11H,1-3H3,(H,20,21,22)/b11-7+. The van der Waals surface area contributed by atoms with Gasteiger partial charge in [-0.15, -0.1) is 0 Å². The van der Waals surface area contributed by atoms with Gasteiger partial charge >= 0.3 is 0 Å². The number of carbonyl (C=O) groups is 1. The molecular weight excluding hydrogens is 320 g/mol. The molecule has 24 heavy (non-hydrogen) atoms. The van der Waals surface area contributed by atoms with E-state index in [2.05, 4.69) is 23.3 Å². The second kappa shape index (κ2) is 6.84. The Kier molecular flexibility index (Phi) is 4.62. The Hall–Kier alpha value is -2.66. The summed E-state index contributed by atoms with van der Waals surface area (Å²) in [5.41, 5.74) is 4.24. The third kappa shape index (κ3) is 3.46. The Balaban J connectivity index is 1.72. The van der Waals surface area contributed by atoms with Crippen LogP contribution in [0.4, 0.5) is 5.13 Å². The van der Waals surface area contributed by atoms with E-state index in [0.717, 1.165) is 27.1 Å². The number of ether oxygens (including phenoxy) is 1. The third-order valence-electron chi connectivity index (χ3n) is 3.86. The average molecular weight is 338 g/mol. The zero-order valence-corrected chi connectivity index (χ0v) is 14.6. The van der Waals surface area contributed by atoms with E-state index in [9.17, 15) is 4.79 Å². The normalized spacial score (nSPS) is 11.1. The number of aromatic nitrogens is 1. The predicted octanol–water partition coefficient (Wildman–Crippen LogP) is 4.57. The van der Waals surface area contributed by atoms with Crippen molar-refractivity contribution in [2.45, 2.75) is 13.8 Å². The van der Waals surface area contributed by atoms with Crippen molar-refractivity contribution < 1.29 is 9.53 Å². The second-order valence-electron chi connectivity index (χ2n) is 5.47. The highest BCUT2D eigenvalue weighted by atomic mass is 32.1. The summed E-state index contributed by atoms with van der Waals surface area (Å²) in [4.78, 5) is 16.6. The maximum Gasteiger partial charge on any atom is 0.250 e. The molecule has 0 aliphatic carbocycles. The first-order valence-corrected chi connectivity index (χ1v) is 8.38. The summed E-state index contributed by atoms with van der Waals surface area (Å²) >= 11 is 1.48. The van der Waals surface area contributed by atoms with Crippen LogP contribution in [0.25, 0.3) is 16.3 Å². The number of rotatable bonds is 4. The van der Waals surface area contributed by atoms with Gasteiger partial charge in [0.1, 0.15) is 5.75 Å². The number of aryl methyl sites for hydroxylation is 2. The molecular formula is C19H18N2O2S. The van der Waals surface area contributed by atoms with Crippen molar-refractivity contribution in [2.75, 3.05) is 12.4 Å². The summed E-state index contributed by atoms with van der Waals surface area (Å²) in [6, 6.07) is 11.6. The van der Waals surface area contributed by atoms with Gasteiger partial charge in [0.05, 0.1) is 17.3 Å². The largest absolute Gasteiger partial charge is 0.497 e. The molecule has 1 amide bonds. The molecule has 0 aliphatic heterocycles. The molecule has 3 aromatic rings. The van der Waals surface area contributed by atoms with Crippen molar-refractivity contribution in [3.63, 3.8) is 0 Å². The fourth-order valence-electron chi connectivity index (χ4n) is 2.31. The van der Waals surface area contributed by atoms with Crippen LogP contribution in [0.2, 0.25) is 0 Å². The van der Waals surface area contributed by atoms with Crippen LogP contribution in [0.5, 0.6) is 5.75 Å². The van der Waals surface area contributed by atoms with Crippen LogP contribution in [0, 0.1) is 13.8 Å². The number of carbonyl (C=O) groups excluding carboxylic acids is 1. The minimum absolute atomic E-state index is 0.195. The lowest BCUT2D eigenvalue weighted by atomic mass is 10.1. The molecule has 2 aromatic carbocycles. The van der Waals surface area contributed by atoms with Gasteiger partial charge in [-0.05, 0) is 54.8 Å². The number of fused-ring (bicyclic) bond motifs is 1. The van der Waals surface area contributed by atoms with Gasteiger partial charge in [-0.1, -0.05) is 29.5 Å². The number of nitrogens with one attached hydrogen (secondary N) is 1. The van der Waals surface area contributed by atoms with E-state index in [1.165, 1.54) is 23.0 Å². The summed E-state index contributed by atoms with van der Waals surface area (Å²) in [7, 11) is 1.62. The lowest BCUT2D eigenvalue weighted by molar-refractivity contribution is -0.111. The maximum absolute atomic E-state index is 12.1. The molecule has 0 saturated carbocycles. The van der Waals surface area contributed by atoms with Gasteiger partial charge in [0, 0.05) is 6.08 Å². The average Bonchev–Trinajstić information content (AvgIpc) is 3.00. The molecule has 5 heteroatoms. The monoisotopic (exact) mass is 338 g/mol. The first-order chi connectivity index (χ1) is 11.6. The summed E-state index contributed by atoms with van der Waals surface area (Å²) in [5, 5.41) is 3.44. The lowest BCUT2D eigenvalue weighted by Gasteiger charge is -1.99. The van der Waals surface area contributed by atoms with E-state index in [4.69, 9.17) is 4.74 Å². The van der Waals surface area contributed by atoms with Crippen LogP contribution in [0.1, 0.15) is 16.7 Å². The Bertz CT molecular complexity index is 911. The molecule has 122 valence electrons. The lowest BCUT2D eigenvalue weighted by Crippen LogP contribution is -2.07. The number of hydrogen-bond donors (Lipinski definition) is 1. The summed E-state index contributed by atoms with van der Waals surface area (Å²) < 4.78 is 6.19. The number of anilines is 1. The fourth-order valence-corrected chi connectivity index (χ4v) is 3.24. The number of hydrogen-bond acceptors (Lipinski definition) is 4. The Labute approximate surface area is 144 Å². The van der Waals surface area contributed by atoms with Gasteiger partial charge in [-0.25, -0.2) is 4.98 Å². The van der Waals surface area contributed by atoms with Crippen molar-refractivity contribution in [1.29, 1.82) is 0 Å². The van der Waals surface area contributed by atoms with Crippen molar-refractivity contribution in [3.05, 3.63) is 59.2 Å². The van der Waals surface area contributed by atoms with Crippen LogP contribution in [0.15, 0.2) is 42.5 Å². The number of nitrogens with zero attached hydrogens (tertiary/aromatic N) is 1. The van der Waals surface area contributed by atoms with Crippen LogP contribution in [-0.2, 0) is 4.79 Å². The topological polar surface area (TPSA) is 51.2 Å². The quantitative estimate of drug-likeness (QED) is 0.709. The van der Waals surface area contributed by atoms with Crippen LogP contribution >= 0.6 is 11.3 Å². The first-order valence-electron chi connectivity index (χ1n) is 7.56. The Morgan fingerprint density at radius 3 is 2.62 bits per heavy atom. The highest BCUT2D eigenvalue weighted by molar-refractivity contribution is 7.22. The smallest absolute Gasteiger partial charge is 0.250 e. The predicted molar refractivity (Wildman–Crippen MR) is 99.8 cm³/mol. The highest BCUT2D eigenvalue weighted by Gasteiger charge is 2.09. The van der Waals surface area contributed by atoms with Gasteiger partial charge in [0.25, 0.3) is 0 Å². The molecule has 0 saturated heterocycles. The van der Waals surface area contributed by atoms with E-state index in [1.807, 2.05) is 37.3 Å². The Morgan fingerprint density at radius 1 is 1.17 bits per heavy atom. The number of amides is 1. The Morgan fingerprint density at radius 2 is 1.92 bits per heavy atom. The van der Waals surface area contributed by atoms with Crippen molar-refractivity contribution >= 4 is 38.7 Å². The molecule has 4 nitrogen and oxygen atoms in total. The van der Waals surface area contributed by atoms with Crippen molar-refractivity contribution in [1.82, 2.24) is 4.98 Å². The molecule has 1 aromatic heterocycles. The summed E-state index contributed by atoms with van der Waals surface area (Å²) in [6.45, 7) is 4.11. The van der Waals surface area contributed by atoms with Gasteiger partial charge in [0.15, 0.2) is 5.13 Å². The minimum atomic E-state index is -0.195. The molecule has 0 bridgehead atoms. The van der Waals surface area contributed by atoms with Crippen LogP contribution < -0.4 is 10.1 Å². The van der Waals surface area contributed by atoms with Gasteiger partial charge in [0.2, 0.25) is 5.91 Å². The second-order valence-corrected chi connectivity index (χ2v) is 6.50. The molecule has 0 spiro atoms. The first kappa shape index (κ1) is 16.2. The fraction of sp³-hybridized carbons (Fsp3) is 0.158. The molecule has 0 atom stereocenters. The molecule has 0 radical (unpaired) electrons. The van der Waals surface area contributed by atoms with Crippen molar-refractivity contribution in [3.8, 4) is 5.75 Å². The van der Waals surface area contributed by atoms with Crippen LogP contribution in [0.3, 0.4) is 0 Å². The van der Waals surface area contributed by atoms with E-state index < -0.39 is 0 Å². The summed E-state index contributed by atoms with van der Waals surface area (Å²) in [5.74, 6) is 0.594. The highest BCUT2D eigenvalue weighted by Crippen LogP contribution is 2.29. The maximum atomic E-state index is 12.1. The van der Waals surface area contributed by atoms with E-state index in [1.54, 1.807) is 13.2 Å². The number of methoxy groups -OCH3 is 1. The van der Waals surface area contributed by atoms with E-state index in [-0.39, 0.29) is 5.91 Å². The van der Waals surface area contributed by atoms with Gasteiger partial charge in [-0.3, -0.25) is 10.1 Å². The van der Waals surface area contributed by atoms with Crippen molar-refractivity contribution in [2.24, 2.45) is 0 Å². The zero-order valence-electron chi connectivity index (χ0n) is 13.8. The van der Waals surface area contributed by atoms with Crippen LogP contribution in [-0.4, -0.2) is 18.0 Å². The minimum Gasteiger partial charge on any atom is -0.497 e. The molecule has 3 rings (SSSR count). The third-order valence-corrected chi connectivity index (χ3v) is 4.79.